The Bertz CT molecular complexity index is 896. The largest absolute Gasteiger partial charge is 0.340 e. The molecule has 2 aromatic rings. The van der Waals surface area contributed by atoms with Crippen LogP contribution in [0.4, 0.5) is 0 Å². The highest BCUT2D eigenvalue weighted by Crippen LogP contribution is 2.38. The fourth-order valence-corrected chi connectivity index (χ4v) is 7.69. The fourth-order valence-electron chi connectivity index (χ4n) is 1.76. The van der Waals surface area contributed by atoms with Gasteiger partial charge in [-0.3, -0.25) is 4.57 Å². The molecule has 25 heavy (non-hydrogen) atoms. The summed E-state index contributed by atoms with van der Waals surface area (Å²) in [4.78, 5) is 21.4. The summed E-state index contributed by atoms with van der Waals surface area (Å²) < 4.78 is 38.5. The average Bonchev–Trinajstić information content (AvgIpc) is 3.07. The molecule has 0 aliphatic heterocycles. The highest BCUT2D eigenvalue weighted by molar-refractivity contribution is 7.98. The first-order valence-corrected chi connectivity index (χ1v) is 12.9. The van der Waals surface area contributed by atoms with Crippen molar-refractivity contribution in [1.82, 2.24) is 4.72 Å². The molecular weight excluding hydrogens is 427 g/mol. The Morgan fingerprint density at radius 3 is 2.68 bits per heavy atom. The van der Waals surface area contributed by atoms with Crippen molar-refractivity contribution in [2.45, 2.75) is 16.4 Å². The smallest absolute Gasteiger partial charge is 0.324 e. The summed E-state index contributed by atoms with van der Waals surface area (Å²) in [6, 6.07) is 3.44. The molecule has 0 aliphatic carbocycles. The lowest BCUT2D eigenvalue weighted by Gasteiger charge is -2.05. The van der Waals surface area contributed by atoms with E-state index in [0.717, 1.165) is 43.5 Å². The molecule has 2 heterocycles. The van der Waals surface area contributed by atoms with E-state index in [0.29, 0.717) is 6.54 Å². The number of sulfonamides is 1. The summed E-state index contributed by atoms with van der Waals surface area (Å²) in [5.74, 6) is 1.66. The van der Waals surface area contributed by atoms with Crippen LogP contribution in [0.5, 0.6) is 0 Å². The lowest BCUT2D eigenvalue weighted by Crippen LogP contribution is -2.23. The summed E-state index contributed by atoms with van der Waals surface area (Å²) in [6.07, 6.45) is -0.110. The van der Waals surface area contributed by atoms with Crippen molar-refractivity contribution >= 4 is 61.5 Å². The van der Waals surface area contributed by atoms with Crippen LogP contribution in [0, 0.1) is 0 Å². The molecule has 0 aliphatic rings. The van der Waals surface area contributed by atoms with Gasteiger partial charge in [-0.1, -0.05) is 5.11 Å². The van der Waals surface area contributed by atoms with Crippen LogP contribution in [0.2, 0.25) is 0 Å². The number of hydrogen-bond acceptors (Lipinski definition) is 7. The van der Waals surface area contributed by atoms with Gasteiger partial charge < -0.3 is 9.79 Å². The Morgan fingerprint density at radius 1 is 1.32 bits per heavy atom. The van der Waals surface area contributed by atoms with Crippen LogP contribution in [-0.2, 0) is 20.3 Å². The van der Waals surface area contributed by atoms with Gasteiger partial charge in [-0.05, 0) is 29.8 Å². The first-order chi connectivity index (χ1) is 11.7. The molecule has 0 spiro atoms. The maximum Gasteiger partial charge on any atom is 0.340 e. The monoisotopic (exact) mass is 442 g/mol. The Balaban J connectivity index is 1.96. The normalized spacial score (nSPS) is 12.4. The Kier molecular flexibility index (Phi) is 7.32. The Hall–Kier alpha value is -0.620. The first kappa shape index (κ1) is 20.7. The van der Waals surface area contributed by atoms with Crippen LogP contribution in [-0.4, -0.2) is 36.8 Å². The van der Waals surface area contributed by atoms with Crippen LogP contribution < -0.4 is 4.72 Å². The van der Waals surface area contributed by atoms with Crippen LogP contribution >= 0.6 is 42.0 Å². The number of nitrogens with zero attached hydrogens (tertiary/aromatic N) is 3. The summed E-state index contributed by atoms with van der Waals surface area (Å²) >= 11 is 4.27. The zero-order valence-corrected chi connectivity index (χ0v) is 16.9. The zero-order chi connectivity index (χ0) is 18.5. The first-order valence-electron chi connectivity index (χ1n) is 6.86. The van der Waals surface area contributed by atoms with E-state index in [1.807, 2.05) is 10.8 Å². The maximum absolute atomic E-state index is 12.1. The molecule has 0 bridgehead atoms. The molecule has 0 amide bonds. The number of rotatable bonds is 10. The van der Waals surface area contributed by atoms with Crippen LogP contribution in [0.25, 0.3) is 19.8 Å². The second-order valence-corrected chi connectivity index (χ2v) is 11.8. The Morgan fingerprint density at radius 2 is 2.04 bits per heavy atom. The highest BCUT2D eigenvalue weighted by atomic mass is 32.2. The second kappa shape index (κ2) is 8.85. The molecule has 0 radical (unpaired) electrons. The van der Waals surface area contributed by atoms with Crippen molar-refractivity contribution in [2.75, 3.05) is 18.6 Å². The molecule has 0 atom stereocenters. The molecule has 0 saturated carbocycles. The van der Waals surface area contributed by atoms with Crippen LogP contribution in [0.1, 0.15) is 11.3 Å². The lowest BCUT2D eigenvalue weighted by molar-refractivity contribution is 0.371. The van der Waals surface area contributed by atoms with Gasteiger partial charge in [-0.25, -0.2) is 8.42 Å². The molecule has 2 aromatic heterocycles. The third-order valence-electron chi connectivity index (χ3n) is 2.82. The van der Waals surface area contributed by atoms with Gasteiger partial charge in [0.2, 0.25) is 0 Å². The van der Waals surface area contributed by atoms with Crippen molar-refractivity contribution in [1.29, 1.82) is 0 Å². The second-order valence-electron chi connectivity index (χ2n) is 4.84. The molecule has 3 N–H and O–H groups in total. The van der Waals surface area contributed by atoms with E-state index in [9.17, 15) is 13.0 Å². The summed E-state index contributed by atoms with van der Waals surface area (Å²) in [6.45, 7) is 0.478. The highest BCUT2D eigenvalue weighted by Gasteiger charge is 2.23. The van der Waals surface area contributed by atoms with E-state index in [2.05, 4.69) is 10.0 Å². The van der Waals surface area contributed by atoms with Crippen LogP contribution in [0.15, 0.2) is 21.5 Å². The number of thioether (sulfide) groups is 1. The van der Waals surface area contributed by atoms with Gasteiger partial charge in [-0.15, -0.1) is 22.7 Å². The summed E-state index contributed by atoms with van der Waals surface area (Å²) in [5, 5.41) is 3.47. The van der Waals surface area contributed by atoms with E-state index in [1.54, 1.807) is 11.8 Å². The quantitative estimate of drug-likeness (QED) is 0.169. The molecule has 14 heteroatoms. The van der Waals surface area contributed by atoms with Gasteiger partial charge in [0.1, 0.15) is 10.5 Å². The van der Waals surface area contributed by atoms with Gasteiger partial charge in [-0.2, -0.15) is 16.5 Å². The van der Waals surface area contributed by atoms with Gasteiger partial charge in [0.15, 0.2) is 0 Å². The standard InChI is InChI=1S/C11H15N4O5PS4/c12-15-13-2-1-3-22-6-8-4-9-10(23-8)5-11(24-9)25(19,20)14-7-21(16,17)18/h4-5,14H,1-3,6-7H2,(H2,16,17,18). The van der Waals surface area contributed by atoms with Gasteiger partial charge >= 0.3 is 7.60 Å². The summed E-state index contributed by atoms with van der Waals surface area (Å²) in [7, 11) is -8.38. The van der Waals surface area contributed by atoms with Crippen molar-refractivity contribution in [2.24, 2.45) is 5.11 Å². The topological polar surface area (TPSA) is 152 Å². The van der Waals surface area contributed by atoms with Gasteiger partial charge in [0, 0.05) is 31.5 Å². The van der Waals surface area contributed by atoms with E-state index in [4.69, 9.17) is 15.3 Å². The van der Waals surface area contributed by atoms with Crippen molar-refractivity contribution in [3.8, 4) is 0 Å². The molecule has 0 saturated heterocycles. The van der Waals surface area contributed by atoms with Crippen molar-refractivity contribution in [3.63, 3.8) is 0 Å². The summed E-state index contributed by atoms with van der Waals surface area (Å²) in [5.41, 5.74) is 8.18. The molecule has 9 nitrogen and oxygen atoms in total. The molecule has 2 rings (SSSR count). The molecule has 0 fully saturated rings. The predicted molar refractivity (Wildman–Crippen MR) is 102 cm³/mol. The van der Waals surface area contributed by atoms with Gasteiger partial charge in [0.05, 0.1) is 0 Å². The fraction of sp³-hybridized carbons (Fsp3) is 0.455. The van der Waals surface area contributed by atoms with Crippen molar-refractivity contribution in [3.05, 3.63) is 27.5 Å². The number of hydrogen-bond donors (Lipinski definition) is 3. The van der Waals surface area contributed by atoms with Gasteiger partial charge in [0.25, 0.3) is 10.0 Å². The zero-order valence-electron chi connectivity index (χ0n) is 12.7. The van der Waals surface area contributed by atoms with Crippen molar-refractivity contribution < 1.29 is 22.8 Å². The minimum absolute atomic E-state index is 0.0377. The molecule has 0 unspecified atom stereocenters. The minimum Gasteiger partial charge on any atom is -0.324 e. The number of fused-ring (bicyclic) bond motifs is 1. The lowest BCUT2D eigenvalue weighted by atomic mass is 10.5. The maximum atomic E-state index is 12.1. The Labute approximate surface area is 156 Å². The molecule has 0 aromatic carbocycles. The molecule has 138 valence electrons. The van der Waals surface area contributed by atoms with E-state index >= 15 is 0 Å². The third-order valence-corrected chi connectivity index (χ3v) is 9.04. The third kappa shape index (κ3) is 6.55. The average molecular weight is 443 g/mol. The predicted octanol–water partition coefficient (Wildman–Crippen LogP) is 3.31. The SMILES string of the molecule is [N-]=[N+]=NCCCSCc1cc2sc(S(=O)(=O)NCP(=O)(O)O)cc2s1. The number of azide groups is 1. The van der Waals surface area contributed by atoms with E-state index in [-0.39, 0.29) is 4.21 Å². The van der Waals surface area contributed by atoms with E-state index < -0.39 is 23.9 Å². The minimum atomic E-state index is -4.45. The van der Waals surface area contributed by atoms with Crippen LogP contribution in [0.3, 0.4) is 0 Å². The van der Waals surface area contributed by atoms with E-state index in [1.165, 1.54) is 17.4 Å². The molecular formula is C11H15N4O5PS4. The number of thiophene rings is 2. The number of nitrogens with one attached hydrogen (secondary N) is 1.